The van der Waals surface area contributed by atoms with Gasteiger partial charge in [0.05, 0.1) is 25.4 Å². The molecule has 0 spiro atoms. The van der Waals surface area contributed by atoms with E-state index in [1.54, 1.807) is 18.2 Å². The zero-order valence-corrected chi connectivity index (χ0v) is 9.10. The lowest BCUT2D eigenvalue weighted by Crippen LogP contribution is -2.44. The quantitative estimate of drug-likeness (QED) is 0.844. The molecular formula is C12H14O4. The molecule has 0 bridgehead atoms. The highest BCUT2D eigenvalue weighted by Crippen LogP contribution is 2.27. The van der Waals surface area contributed by atoms with E-state index >= 15 is 0 Å². The van der Waals surface area contributed by atoms with Crippen molar-refractivity contribution in [2.75, 3.05) is 19.8 Å². The number of carbonyl (C=O) groups is 1. The van der Waals surface area contributed by atoms with E-state index in [0.717, 1.165) is 0 Å². The molecule has 16 heavy (non-hydrogen) atoms. The average molecular weight is 222 g/mol. The second-order valence-corrected chi connectivity index (χ2v) is 4.43. The lowest BCUT2D eigenvalue weighted by atomic mass is 9.90. The number of carboxylic acids is 1. The maximum absolute atomic E-state index is 10.7. The van der Waals surface area contributed by atoms with Crippen molar-refractivity contribution in [1.29, 1.82) is 0 Å². The van der Waals surface area contributed by atoms with Crippen LogP contribution in [0.4, 0.5) is 0 Å². The van der Waals surface area contributed by atoms with Crippen LogP contribution in [0.2, 0.25) is 0 Å². The maximum Gasteiger partial charge on any atom is 0.335 e. The molecule has 0 radical (unpaired) electrons. The first-order valence-electron chi connectivity index (χ1n) is 5.13. The fourth-order valence-corrected chi connectivity index (χ4v) is 1.51. The van der Waals surface area contributed by atoms with Gasteiger partial charge in [0, 0.05) is 5.41 Å². The van der Waals surface area contributed by atoms with E-state index in [1.165, 1.54) is 6.07 Å². The van der Waals surface area contributed by atoms with E-state index in [9.17, 15) is 4.79 Å². The van der Waals surface area contributed by atoms with Gasteiger partial charge >= 0.3 is 5.97 Å². The molecule has 1 aliphatic rings. The fraction of sp³-hybridized carbons (Fsp3) is 0.417. The molecule has 2 rings (SSSR count). The van der Waals surface area contributed by atoms with Crippen molar-refractivity contribution < 1.29 is 19.4 Å². The van der Waals surface area contributed by atoms with E-state index in [4.69, 9.17) is 14.6 Å². The predicted molar refractivity (Wildman–Crippen MR) is 57.8 cm³/mol. The molecule has 0 atom stereocenters. The first kappa shape index (κ1) is 11.0. The normalized spacial score (nSPS) is 17.6. The highest BCUT2D eigenvalue weighted by Gasteiger charge is 2.34. The second-order valence-electron chi connectivity index (χ2n) is 4.43. The summed E-state index contributed by atoms with van der Waals surface area (Å²) in [6.45, 7) is 4.03. The summed E-state index contributed by atoms with van der Waals surface area (Å²) in [5.41, 5.74) is 0.312. The summed E-state index contributed by atoms with van der Waals surface area (Å²) in [5, 5.41) is 8.82. The Morgan fingerprint density at radius 3 is 2.88 bits per heavy atom. The van der Waals surface area contributed by atoms with Crippen molar-refractivity contribution in [2.24, 2.45) is 5.41 Å². The Morgan fingerprint density at radius 2 is 2.31 bits per heavy atom. The summed E-state index contributed by atoms with van der Waals surface area (Å²) in [4.78, 5) is 10.7. The SMILES string of the molecule is CC1(COc2cccc(C(=O)O)c2)COC1. The molecule has 4 nitrogen and oxygen atoms in total. The number of benzene rings is 1. The molecule has 0 unspecified atom stereocenters. The first-order chi connectivity index (χ1) is 7.59. The van der Waals surface area contributed by atoms with Gasteiger partial charge in [-0.05, 0) is 18.2 Å². The average Bonchev–Trinajstić information content (AvgIpc) is 2.24. The van der Waals surface area contributed by atoms with Crippen LogP contribution in [0.25, 0.3) is 0 Å². The van der Waals surface area contributed by atoms with E-state index in [-0.39, 0.29) is 11.0 Å². The van der Waals surface area contributed by atoms with Crippen LogP contribution < -0.4 is 4.74 Å². The van der Waals surface area contributed by atoms with Crippen LogP contribution in [0, 0.1) is 5.41 Å². The van der Waals surface area contributed by atoms with Gasteiger partial charge in [0.25, 0.3) is 0 Å². The molecule has 86 valence electrons. The molecular weight excluding hydrogens is 208 g/mol. The van der Waals surface area contributed by atoms with Crippen molar-refractivity contribution in [3.63, 3.8) is 0 Å². The molecule has 1 aromatic rings. The molecule has 1 aliphatic heterocycles. The van der Waals surface area contributed by atoms with Crippen molar-refractivity contribution in [1.82, 2.24) is 0 Å². The standard InChI is InChI=1S/C12H14O4/c1-12(6-15-7-12)8-16-10-4-2-3-9(5-10)11(13)14/h2-5H,6-8H2,1H3,(H,13,14). The van der Waals surface area contributed by atoms with Crippen LogP contribution in [0.3, 0.4) is 0 Å². The Kier molecular flexibility index (Phi) is 2.83. The first-order valence-corrected chi connectivity index (χ1v) is 5.13. The molecule has 0 aromatic heterocycles. The number of carboxylic acid groups (broad SMARTS) is 1. The Bertz CT molecular complexity index is 396. The van der Waals surface area contributed by atoms with Crippen LogP contribution in [-0.2, 0) is 4.74 Å². The van der Waals surface area contributed by atoms with Gasteiger partial charge in [-0.1, -0.05) is 13.0 Å². The molecule has 1 aromatic carbocycles. The predicted octanol–water partition coefficient (Wildman–Crippen LogP) is 1.80. The topological polar surface area (TPSA) is 55.8 Å². The minimum Gasteiger partial charge on any atom is -0.493 e. The number of hydrogen-bond donors (Lipinski definition) is 1. The molecule has 1 fully saturated rings. The fourth-order valence-electron chi connectivity index (χ4n) is 1.51. The van der Waals surface area contributed by atoms with E-state index in [1.807, 2.05) is 0 Å². The molecule has 0 aliphatic carbocycles. The zero-order valence-electron chi connectivity index (χ0n) is 9.10. The number of hydrogen-bond acceptors (Lipinski definition) is 3. The minimum atomic E-state index is -0.941. The summed E-state index contributed by atoms with van der Waals surface area (Å²) in [5.74, 6) is -0.350. The van der Waals surface area contributed by atoms with Crippen LogP contribution in [0.1, 0.15) is 17.3 Å². The molecule has 1 heterocycles. The molecule has 0 saturated carbocycles. The molecule has 1 N–H and O–H groups in total. The van der Waals surface area contributed by atoms with Crippen molar-refractivity contribution in [3.8, 4) is 5.75 Å². The number of ether oxygens (including phenoxy) is 2. The Balaban J connectivity index is 1.98. The van der Waals surface area contributed by atoms with E-state index < -0.39 is 5.97 Å². The summed E-state index contributed by atoms with van der Waals surface area (Å²) in [6, 6.07) is 6.52. The monoisotopic (exact) mass is 222 g/mol. The Labute approximate surface area is 93.8 Å². The molecule has 0 amide bonds. The van der Waals surface area contributed by atoms with Gasteiger partial charge in [-0.2, -0.15) is 0 Å². The van der Waals surface area contributed by atoms with Crippen LogP contribution >= 0.6 is 0 Å². The van der Waals surface area contributed by atoms with Crippen molar-refractivity contribution in [3.05, 3.63) is 29.8 Å². The van der Waals surface area contributed by atoms with Gasteiger partial charge in [-0.25, -0.2) is 4.79 Å². The Morgan fingerprint density at radius 1 is 1.56 bits per heavy atom. The highest BCUT2D eigenvalue weighted by molar-refractivity contribution is 5.87. The number of aromatic carboxylic acids is 1. The van der Waals surface area contributed by atoms with Crippen LogP contribution in [0.15, 0.2) is 24.3 Å². The van der Waals surface area contributed by atoms with Crippen molar-refractivity contribution in [2.45, 2.75) is 6.92 Å². The van der Waals surface area contributed by atoms with Gasteiger partial charge in [0.2, 0.25) is 0 Å². The third kappa shape index (κ3) is 2.33. The van der Waals surface area contributed by atoms with Gasteiger partial charge in [0.15, 0.2) is 0 Å². The van der Waals surface area contributed by atoms with E-state index in [2.05, 4.69) is 6.92 Å². The highest BCUT2D eigenvalue weighted by atomic mass is 16.5. The lowest BCUT2D eigenvalue weighted by Gasteiger charge is -2.37. The summed E-state index contributed by atoms with van der Waals surface area (Å²) in [6.07, 6.45) is 0. The van der Waals surface area contributed by atoms with Gasteiger partial charge < -0.3 is 14.6 Å². The maximum atomic E-state index is 10.7. The third-order valence-corrected chi connectivity index (χ3v) is 2.57. The lowest BCUT2D eigenvalue weighted by molar-refractivity contribution is -0.120. The Hall–Kier alpha value is -1.55. The van der Waals surface area contributed by atoms with Gasteiger partial charge in [-0.15, -0.1) is 0 Å². The largest absolute Gasteiger partial charge is 0.493 e. The van der Waals surface area contributed by atoms with Crippen molar-refractivity contribution >= 4 is 5.97 Å². The zero-order chi connectivity index (χ0) is 11.6. The minimum absolute atomic E-state index is 0.0687. The summed E-state index contributed by atoms with van der Waals surface area (Å²) >= 11 is 0. The van der Waals surface area contributed by atoms with Gasteiger partial charge in [-0.3, -0.25) is 0 Å². The van der Waals surface area contributed by atoms with Crippen LogP contribution in [-0.4, -0.2) is 30.9 Å². The number of rotatable bonds is 4. The summed E-state index contributed by atoms with van der Waals surface area (Å²) in [7, 11) is 0. The molecule has 1 saturated heterocycles. The third-order valence-electron chi connectivity index (χ3n) is 2.57. The smallest absolute Gasteiger partial charge is 0.335 e. The van der Waals surface area contributed by atoms with Gasteiger partial charge in [0.1, 0.15) is 5.75 Å². The van der Waals surface area contributed by atoms with Crippen LogP contribution in [0.5, 0.6) is 5.75 Å². The molecule has 4 heteroatoms. The van der Waals surface area contributed by atoms with E-state index in [0.29, 0.717) is 25.6 Å². The summed E-state index contributed by atoms with van der Waals surface area (Å²) < 4.78 is 10.7. The second kappa shape index (κ2) is 4.14.